The first-order valence-electron chi connectivity index (χ1n) is 3.98. The van der Waals surface area contributed by atoms with Gasteiger partial charge in [0, 0.05) is 21.1 Å². The fourth-order valence-corrected chi connectivity index (χ4v) is 1.05. The molecule has 1 atom stereocenters. The molecule has 4 nitrogen and oxygen atoms in total. The smallest absolute Gasteiger partial charge is 0.217 e. The number of nitrogens with one attached hydrogen (secondary N) is 1. The number of carbonyl (C=O) groups excluding carboxylic acids is 1. The van der Waals surface area contributed by atoms with Gasteiger partial charge in [0.05, 0.1) is 6.04 Å². The van der Waals surface area contributed by atoms with Crippen LogP contribution in [0.25, 0.3) is 0 Å². The molecule has 0 radical (unpaired) electrons. The average Bonchev–Trinajstić information content (AvgIpc) is 2.04. The predicted octanol–water partition coefficient (Wildman–Crippen LogP) is 0.520. The highest BCUT2D eigenvalue weighted by Gasteiger charge is 2.19. The predicted molar refractivity (Wildman–Crippen MR) is 45.7 cm³/mol. The fourth-order valence-electron chi connectivity index (χ4n) is 1.05. The van der Waals surface area contributed by atoms with E-state index >= 15 is 0 Å². The van der Waals surface area contributed by atoms with Crippen LogP contribution < -0.4 is 5.32 Å². The van der Waals surface area contributed by atoms with Crippen molar-refractivity contribution in [2.75, 3.05) is 14.2 Å². The van der Waals surface area contributed by atoms with Crippen LogP contribution in [0.15, 0.2) is 0 Å². The van der Waals surface area contributed by atoms with Gasteiger partial charge in [0.25, 0.3) is 0 Å². The highest BCUT2D eigenvalue weighted by atomic mass is 16.7. The zero-order chi connectivity index (χ0) is 9.56. The van der Waals surface area contributed by atoms with Gasteiger partial charge < -0.3 is 14.8 Å². The molecule has 0 rings (SSSR count). The zero-order valence-corrected chi connectivity index (χ0v) is 8.09. The first-order chi connectivity index (χ1) is 5.65. The van der Waals surface area contributed by atoms with Gasteiger partial charge in [0.1, 0.15) is 0 Å². The first-order valence-corrected chi connectivity index (χ1v) is 3.98. The molecule has 0 aromatic heterocycles. The highest BCUT2D eigenvalue weighted by Crippen LogP contribution is 2.02. The lowest BCUT2D eigenvalue weighted by molar-refractivity contribution is -0.136. The Morgan fingerprint density at radius 1 is 1.42 bits per heavy atom. The summed E-state index contributed by atoms with van der Waals surface area (Å²) in [6.07, 6.45) is 0.422. The summed E-state index contributed by atoms with van der Waals surface area (Å²) < 4.78 is 10.0. The minimum atomic E-state index is -0.362. The average molecular weight is 175 g/mol. The van der Waals surface area contributed by atoms with Gasteiger partial charge in [0.15, 0.2) is 6.29 Å². The van der Waals surface area contributed by atoms with Crippen molar-refractivity contribution in [3.63, 3.8) is 0 Å². The number of hydrogen-bond donors (Lipinski definition) is 1. The summed E-state index contributed by atoms with van der Waals surface area (Å²) in [5.74, 6) is -0.0686. The maximum atomic E-state index is 10.7. The number of amides is 1. The van der Waals surface area contributed by atoms with Crippen LogP contribution in [0.1, 0.15) is 20.3 Å². The lowest BCUT2D eigenvalue weighted by Crippen LogP contribution is -2.43. The molecular formula is C8H17NO3. The van der Waals surface area contributed by atoms with Crippen LogP contribution in [0, 0.1) is 0 Å². The van der Waals surface area contributed by atoms with Crippen molar-refractivity contribution in [2.24, 2.45) is 0 Å². The molecule has 0 aromatic carbocycles. The van der Waals surface area contributed by atoms with Crippen molar-refractivity contribution in [3.8, 4) is 0 Å². The molecule has 0 aliphatic carbocycles. The Labute approximate surface area is 73.2 Å². The van der Waals surface area contributed by atoms with Crippen molar-refractivity contribution in [3.05, 3.63) is 0 Å². The van der Waals surface area contributed by atoms with E-state index in [0.717, 1.165) is 6.42 Å². The van der Waals surface area contributed by atoms with Gasteiger partial charge in [-0.15, -0.1) is 0 Å². The van der Waals surface area contributed by atoms with Gasteiger partial charge in [-0.3, -0.25) is 4.79 Å². The number of rotatable bonds is 5. The number of ether oxygens (including phenoxy) is 2. The number of methoxy groups -OCH3 is 2. The molecule has 0 aromatic rings. The second-order valence-corrected chi connectivity index (χ2v) is 2.56. The van der Waals surface area contributed by atoms with Gasteiger partial charge >= 0.3 is 0 Å². The van der Waals surface area contributed by atoms with Crippen LogP contribution in [0.5, 0.6) is 0 Å². The molecule has 12 heavy (non-hydrogen) atoms. The van der Waals surface area contributed by atoms with E-state index < -0.39 is 0 Å². The fraction of sp³-hybridized carbons (Fsp3) is 0.875. The molecule has 0 saturated carbocycles. The Morgan fingerprint density at radius 2 is 1.92 bits per heavy atom. The molecular weight excluding hydrogens is 158 g/mol. The van der Waals surface area contributed by atoms with Gasteiger partial charge in [-0.2, -0.15) is 0 Å². The Kier molecular flexibility index (Phi) is 5.66. The summed E-state index contributed by atoms with van der Waals surface area (Å²) in [4.78, 5) is 10.7. The van der Waals surface area contributed by atoms with E-state index in [1.165, 1.54) is 6.92 Å². The second-order valence-electron chi connectivity index (χ2n) is 2.56. The summed E-state index contributed by atoms with van der Waals surface area (Å²) in [5.41, 5.74) is 0. The van der Waals surface area contributed by atoms with Crippen molar-refractivity contribution >= 4 is 5.91 Å². The standard InChI is InChI=1S/C8H17NO3/c1-5-7(9-6(2)10)8(11-3)12-4/h7-8H,5H2,1-4H3,(H,9,10). The van der Waals surface area contributed by atoms with Crippen LogP contribution in [-0.2, 0) is 14.3 Å². The van der Waals surface area contributed by atoms with Gasteiger partial charge in [-0.1, -0.05) is 6.92 Å². The maximum absolute atomic E-state index is 10.7. The summed E-state index contributed by atoms with van der Waals surface area (Å²) in [7, 11) is 3.11. The summed E-state index contributed by atoms with van der Waals surface area (Å²) in [6.45, 7) is 3.44. The molecule has 0 aliphatic heterocycles. The first kappa shape index (κ1) is 11.4. The lowest BCUT2D eigenvalue weighted by atomic mass is 10.2. The SMILES string of the molecule is CCC(NC(C)=O)C(OC)OC. The molecule has 1 unspecified atom stereocenters. The van der Waals surface area contributed by atoms with Crippen LogP contribution in [0.2, 0.25) is 0 Å². The normalized spacial score (nSPS) is 13.1. The van der Waals surface area contributed by atoms with E-state index in [0.29, 0.717) is 0 Å². The van der Waals surface area contributed by atoms with Gasteiger partial charge in [-0.25, -0.2) is 0 Å². The topological polar surface area (TPSA) is 47.6 Å². The van der Waals surface area contributed by atoms with Gasteiger partial charge in [-0.05, 0) is 6.42 Å². The van der Waals surface area contributed by atoms with Crippen molar-refractivity contribution < 1.29 is 14.3 Å². The lowest BCUT2D eigenvalue weighted by Gasteiger charge is -2.23. The molecule has 0 heterocycles. The van der Waals surface area contributed by atoms with Crippen LogP contribution in [0.4, 0.5) is 0 Å². The molecule has 1 N–H and O–H groups in total. The Balaban J connectivity index is 4.01. The number of carbonyl (C=O) groups is 1. The van der Waals surface area contributed by atoms with Crippen LogP contribution in [-0.4, -0.2) is 32.5 Å². The summed E-state index contributed by atoms with van der Waals surface area (Å²) >= 11 is 0. The minimum Gasteiger partial charge on any atom is -0.354 e. The minimum absolute atomic E-state index is 0.0686. The molecule has 0 saturated heterocycles. The van der Waals surface area contributed by atoms with Gasteiger partial charge in [0.2, 0.25) is 5.91 Å². The third kappa shape index (κ3) is 3.69. The molecule has 1 amide bonds. The maximum Gasteiger partial charge on any atom is 0.217 e. The third-order valence-electron chi connectivity index (χ3n) is 1.62. The molecule has 0 fully saturated rings. The Bertz CT molecular complexity index is 134. The Hall–Kier alpha value is -0.610. The molecule has 0 aliphatic rings. The van der Waals surface area contributed by atoms with Crippen LogP contribution in [0.3, 0.4) is 0 Å². The third-order valence-corrected chi connectivity index (χ3v) is 1.62. The van der Waals surface area contributed by atoms with E-state index in [4.69, 9.17) is 9.47 Å². The van der Waals surface area contributed by atoms with E-state index in [-0.39, 0.29) is 18.2 Å². The van der Waals surface area contributed by atoms with Crippen molar-refractivity contribution in [1.29, 1.82) is 0 Å². The summed E-state index contributed by atoms with van der Waals surface area (Å²) in [5, 5.41) is 2.74. The largest absolute Gasteiger partial charge is 0.354 e. The molecule has 0 bridgehead atoms. The molecule has 0 spiro atoms. The van der Waals surface area contributed by atoms with E-state index in [1.54, 1.807) is 14.2 Å². The molecule has 72 valence electrons. The number of hydrogen-bond acceptors (Lipinski definition) is 3. The van der Waals surface area contributed by atoms with E-state index in [2.05, 4.69) is 5.32 Å². The Morgan fingerprint density at radius 3 is 2.17 bits per heavy atom. The zero-order valence-electron chi connectivity index (χ0n) is 8.09. The van der Waals surface area contributed by atoms with Crippen molar-refractivity contribution in [2.45, 2.75) is 32.6 Å². The summed E-state index contributed by atoms with van der Waals surface area (Å²) in [6, 6.07) is -0.0718. The second kappa shape index (κ2) is 5.97. The van der Waals surface area contributed by atoms with Crippen molar-refractivity contribution in [1.82, 2.24) is 5.32 Å². The quantitative estimate of drug-likeness (QED) is 0.620. The van der Waals surface area contributed by atoms with E-state index in [1.807, 2.05) is 6.92 Å². The van der Waals surface area contributed by atoms with Crippen LogP contribution >= 0.6 is 0 Å². The van der Waals surface area contributed by atoms with E-state index in [9.17, 15) is 4.79 Å². The monoisotopic (exact) mass is 175 g/mol. The highest BCUT2D eigenvalue weighted by molar-refractivity contribution is 5.73. The molecule has 4 heteroatoms.